The van der Waals surface area contributed by atoms with Crippen molar-refractivity contribution in [1.82, 2.24) is 4.98 Å². The average molecular weight is 426 g/mol. The molecular formula is C24H27NO4S. The molecular weight excluding hydrogens is 398 g/mol. The van der Waals surface area contributed by atoms with Gasteiger partial charge in [0.1, 0.15) is 11.6 Å². The van der Waals surface area contributed by atoms with Crippen molar-refractivity contribution in [2.24, 2.45) is 0 Å². The third kappa shape index (κ3) is 4.05. The maximum atomic E-state index is 12.8. The molecule has 0 radical (unpaired) electrons. The van der Waals surface area contributed by atoms with Gasteiger partial charge in [0.05, 0.1) is 25.5 Å². The molecule has 158 valence electrons. The van der Waals surface area contributed by atoms with Crippen LogP contribution in [0.3, 0.4) is 0 Å². The van der Waals surface area contributed by atoms with Crippen LogP contribution in [0.5, 0.6) is 11.5 Å². The third-order valence-electron chi connectivity index (χ3n) is 5.74. The summed E-state index contributed by atoms with van der Waals surface area (Å²) in [5.41, 5.74) is 7.74. The number of hydrogen-bond acceptors (Lipinski definition) is 6. The van der Waals surface area contributed by atoms with E-state index in [4.69, 9.17) is 14.2 Å². The Morgan fingerprint density at radius 1 is 0.900 bits per heavy atom. The van der Waals surface area contributed by atoms with Gasteiger partial charge >= 0.3 is 5.97 Å². The van der Waals surface area contributed by atoms with Crippen molar-refractivity contribution >= 4 is 17.3 Å². The molecule has 0 spiro atoms. The van der Waals surface area contributed by atoms with Crippen molar-refractivity contribution < 1.29 is 19.0 Å². The van der Waals surface area contributed by atoms with E-state index in [1.165, 1.54) is 16.9 Å². The average Bonchev–Trinajstić information content (AvgIpc) is 3.23. The van der Waals surface area contributed by atoms with Crippen LogP contribution in [0.4, 0.5) is 0 Å². The zero-order chi connectivity index (χ0) is 22.0. The summed E-state index contributed by atoms with van der Waals surface area (Å²) in [7, 11) is 3.21. The van der Waals surface area contributed by atoms with E-state index in [0.29, 0.717) is 22.8 Å². The maximum Gasteiger partial charge on any atom is 0.339 e. The lowest BCUT2D eigenvalue weighted by atomic mass is 9.90. The largest absolute Gasteiger partial charge is 0.493 e. The van der Waals surface area contributed by atoms with Gasteiger partial charge in [0.2, 0.25) is 0 Å². The first-order valence-corrected chi connectivity index (χ1v) is 10.6. The SMILES string of the molecule is COc1ccc(-c2nc(COC(=O)c3c(C)c(C)c(C)c(C)c3C)cs2)cc1OC. The van der Waals surface area contributed by atoms with E-state index in [9.17, 15) is 4.79 Å². The molecule has 0 aliphatic carbocycles. The number of esters is 1. The van der Waals surface area contributed by atoms with E-state index < -0.39 is 0 Å². The molecule has 30 heavy (non-hydrogen) atoms. The molecule has 3 aromatic rings. The number of hydrogen-bond donors (Lipinski definition) is 0. The predicted octanol–water partition coefficient (Wildman–Crippen LogP) is 5.73. The first-order valence-electron chi connectivity index (χ1n) is 9.69. The van der Waals surface area contributed by atoms with Crippen molar-refractivity contribution in [2.75, 3.05) is 14.2 Å². The van der Waals surface area contributed by atoms with Crippen LogP contribution in [0, 0.1) is 34.6 Å². The Kier molecular flexibility index (Phi) is 6.46. The zero-order valence-corrected chi connectivity index (χ0v) is 19.3. The normalized spacial score (nSPS) is 10.8. The van der Waals surface area contributed by atoms with Crippen molar-refractivity contribution in [1.29, 1.82) is 0 Å². The Hall–Kier alpha value is -2.86. The summed E-state index contributed by atoms with van der Waals surface area (Å²) >= 11 is 1.50. The van der Waals surface area contributed by atoms with E-state index >= 15 is 0 Å². The van der Waals surface area contributed by atoms with E-state index in [0.717, 1.165) is 32.8 Å². The van der Waals surface area contributed by atoms with E-state index in [2.05, 4.69) is 11.9 Å². The molecule has 0 aliphatic heterocycles. The molecule has 0 saturated heterocycles. The number of rotatable bonds is 6. The summed E-state index contributed by atoms with van der Waals surface area (Å²) < 4.78 is 16.3. The maximum absolute atomic E-state index is 12.8. The summed E-state index contributed by atoms with van der Waals surface area (Å²) in [5.74, 6) is 1.01. The molecule has 0 atom stereocenters. The van der Waals surface area contributed by atoms with Gasteiger partial charge in [-0.05, 0) is 80.6 Å². The fourth-order valence-corrected chi connectivity index (χ4v) is 4.29. The van der Waals surface area contributed by atoms with Crippen molar-refractivity contribution in [3.63, 3.8) is 0 Å². The summed E-state index contributed by atoms with van der Waals surface area (Å²) in [6.07, 6.45) is 0. The van der Waals surface area contributed by atoms with Gasteiger partial charge in [-0.15, -0.1) is 11.3 Å². The Labute approximate surface area is 181 Å². The Balaban J connectivity index is 1.78. The number of ether oxygens (including phenoxy) is 3. The van der Waals surface area contributed by atoms with Gasteiger partial charge in [0.25, 0.3) is 0 Å². The molecule has 3 rings (SSSR count). The lowest BCUT2D eigenvalue weighted by molar-refractivity contribution is 0.0466. The van der Waals surface area contributed by atoms with Crippen molar-refractivity contribution in [2.45, 2.75) is 41.2 Å². The molecule has 0 N–H and O–H groups in total. The summed E-state index contributed by atoms with van der Waals surface area (Å²) in [4.78, 5) is 17.4. The van der Waals surface area contributed by atoms with Crippen LogP contribution in [0.1, 0.15) is 43.9 Å². The van der Waals surface area contributed by atoms with Crippen molar-refractivity contribution in [3.8, 4) is 22.1 Å². The van der Waals surface area contributed by atoms with E-state index in [1.54, 1.807) is 14.2 Å². The van der Waals surface area contributed by atoms with Gasteiger partial charge in [0.15, 0.2) is 11.5 Å². The second-order valence-corrected chi connectivity index (χ2v) is 8.15. The first kappa shape index (κ1) is 21.8. The molecule has 0 aliphatic rings. The number of methoxy groups -OCH3 is 2. The van der Waals surface area contributed by atoms with Crippen LogP contribution in [-0.4, -0.2) is 25.2 Å². The number of thiazole rings is 1. The molecule has 6 heteroatoms. The second kappa shape index (κ2) is 8.88. The topological polar surface area (TPSA) is 57.7 Å². The molecule has 0 unspecified atom stereocenters. The molecule has 0 saturated carbocycles. The number of carbonyl (C=O) groups excluding carboxylic acids is 1. The van der Waals surface area contributed by atoms with Crippen LogP contribution in [0.2, 0.25) is 0 Å². The Morgan fingerprint density at radius 3 is 2.10 bits per heavy atom. The lowest BCUT2D eigenvalue weighted by Crippen LogP contribution is -2.12. The van der Waals surface area contributed by atoms with Crippen molar-refractivity contribution in [3.05, 3.63) is 62.7 Å². The Morgan fingerprint density at radius 2 is 1.50 bits per heavy atom. The van der Waals surface area contributed by atoms with E-state index in [-0.39, 0.29) is 12.6 Å². The van der Waals surface area contributed by atoms with Crippen LogP contribution >= 0.6 is 11.3 Å². The predicted molar refractivity (Wildman–Crippen MR) is 120 cm³/mol. The number of nitrogens with zero attached hydrogens (tertiary/aromatic N) is 1. The van der Waals surface area contributed by atoms with Crippen LogP contribution in [-0.2, 0) is 11.3 Å². The fraction of sp³-hybridized carbons (Fsp3) is 0.333. The van der Waals surface area contributed by atoms with Gasteiger partial charge < -0.3 is 14.2 Å². The van der Waals surface area contributed by atoms with Crippen LogP contribution in [0.15, 0.2) is 23.6 Å². The molecule has 5 nitrogen and oxygen atoms in total. The van der Waals surface area contributed by atoms with Gasteiger partial charge in [0, 0.05) is 10.9 Å². The summed E-state index contributed by atoms with van der Waals surface area (Å²) in [6.45, 7) is 10.3. The minimum atomic E-state index is -0.308. The third-order valence-corrected chi connectivity index (χ3v) is 6.68. The second-order valence-electron chi connectivity index (χ2n) is 7.29. The van der Waals surface area contributed by atoms with Gasteiger partial charge in [-0.25, -0.2) is 9.78 Å². The summed E-state index contributed by atoms with van der Waals surface area (Å²) in [5, 5.41) is 2.74. The first-order chi connectivity index (χ1) is 14.3. The summed E-state index contributed by atoms with van der Waals surface area (Å²) in [6, 6.07) is 5.67. The molecule has 0 bridgehead atoms. The molecule has 0 fully saturated rings. The highest BCUT2D eigenvalue weighted by Crippen LogP contribution is 2.34. The van der Waals surface area contributed by atoms with Crippen LogP contribution < -0.4 is 9.47 Å². The minimum absolute atomic E-state index is 0.132. The zero-order valence-electron chi connectivity index (χ0n) is 18.5. The molecule has 1 heterocycles. The monoisotopic (exact) mass is 425 g/mol. The van der Waals surface area contributed by atoms with E-state index in [1.807, 2.05) is 51.3 Å². The molecule has 1 aromatic heterocycles. The van der Waals surface area contributed by atoms with Crippen LogP contribution in [0.25, 0.3) is 10.6 Å². The lowest BCUT2D eigenvalue weighted by Gasteiger charge is -2.17. The van der Waals surface area contributed by atoms with Gasteiger partial charge in [-0.2, -0.15) is 0 Å². The highest BCUT2D eigenvalue weighted by atomic mass is 32.1. The highest BCUT2D eigenvalue weighted by molar-refractivity contribution is 7.13. The number of aromatic nitrogens is 1. The van der Waals surface area contributed by atoms with Gasteiger partial charge in [-0.3, -0.25) is 0 Å². The standard InChI is InChI=1S/C24H27NO4S/c1-13-14(2)16(4)22(17(5)15(13)3)24(26)29-11-19-12-30-23(25-19)18-8-9-20(27-6)21(10-18)28-7/h8-10,12H,11H2,1-7H3. The minimum Gasteiger partial charge on any atom is -0.493 e. The number of benzene rings is 2. The quantitative estimate of drug-likeness (QED) is 0.472. The fourth-order valence-electron chi connectivity index (χ4n) is 3.49. The molecule has 2 aromatic carbocycles. The Bertz CT molecular complexity index is 1070. The number of carbonyl (C=O) groups is 1. The highest BCUT2D eigenvalue weighted by Gasteiger charge is 2.20. The smallest absolute Gasteiger partial charge is 0.339 e. The van der Waals surface area contributed by atoms with Gasteiger partial charge in [-0.1, -0.05) is 0 Å². The molecule has 0 amide bonds.